The van der Waals surface area contributed by atoms with Gasteiger partial charge in [0.15, 0.2) is 5.69 Å². The molecule has 0 unspecified atom stereocenters. The number of aryl methyl sites for hydroxylation is 1. The number of anilines is 1. The van der Waals surface area contributed by atoms with E-state index in [4.69, 9.17) is 0 Å². The first-order valence-electron chi connectivity index (χ1n) is 8.63. The zero-order chi connectivity index (χ0) is 17.6. The maximum absolute atomic E-state index is 12.8. The number of carbonyl (C=O) groups is 1. The Balaban J connectivity index is 1.94. The average molecular weight is 334 g/mol. The maximum Gasteiger partial charge on any atom is 0.278 e. The van der Waals surface area contributed by atoms with Crippen LogP contribution in [0.4, 0.5) is 5.69 Å². The fourth-order valence-electron chi connectivity index (χ4n) is 2.85. The summed E-state index contributed by atoms with van der Waals surface area (Å²) in [6, 6.07) is 17.6. The van der Waals surface area contributed by atoms with E-state index in [1.807, 2.05) is 54.6 Å². The largest absolute Gasteiger partial charge is 0.320 e. The van der Waals surface area contributed by atoms with Crippen molar-refractivity contribution >= 4 is 11.6 Å². The Morgan fingerprint density at radius 2 is 1.76 bits per heavy atom. The van der Waals surface area contributed by atoms with E-state index in [0.29, 0.717) is 5.69 Å². The van der Waals surface area contributed by atoms with Crippen LogP contribution in [0.25, 0.3) is 5.69 Å². The second-order valence-corrected chi connectivity index (χ2v) is 5.85. The lowest BCUT2D eigenvalue weighted by Crippen LogP contribution is -2.16. The summed E-state index contributed by atoms with van der Waals surface area (Å²) < 4.78 is 1.75. The van der Waals surface area contributed by atoms with E-state index < -0.39 is 0 Å². The number of carbonyl (C=O) groups excluding carboxylic acids is 1. The van der Waals surface area contributed by atoms with E-state index in [0.717, 1.165) is 41.9 Å². The van der Waals surface area contributed by atoms with Crippen molar-refractivity contribution < 1.29 is 4.79 Å². The van der Waals surface area contributed by atoms with Crippen molar-refractivity contribution in [3.63, 3.8) is 0 Å². The van der Waals surface area contributed by atoms with Gasteiger partial charge in [0.2, 0.25) is 0 Å². The number of nitrogens with zero attached hydrogens (tertiary/aromatic N) is 3. The van der Waals surface area contributed by atoms with E-state index in [9.17, 15) is 4.79 Å². The average Bonchev–Trinajstić information content (AvgIpc) is 3.07. The number of aromatic nitrogens is 3. The molecule has 128 valence electrons. The molecule has 3 rings (SSSR count). The molecule has 1 N–H and O–H groups in total. The van der Waals surface area contributed by atoms with Crippen LogP contribution >= 0.6 is 0 Å². The Kier molecular flexibility index (Phi) is 5.23. The van der Waals surface area contributed by atoms with E-state index >= 15 is 0 Å². The third-order valence-electron chi connectivity index (χ3n) is 4.11. The molecule has 3 aromatic rings. The van der Waals surface area contributed by atoms with Crippen molar-refractivity contribution in [2.45, 2.75) is 33.1 Å². The number of nitrogens with one attached hydrogen (secondary N) is 1. The first-order valence-corrected chi connectivity index (χ1v) is 8.63. The number of rotatable bonds is 6. The van der Waals surface area contributed by atoms with Crippen molar-refractivity contribution in [2.75, 3.05) is 5.32 Å². The second-order valence-electron chi connectivity index (χ2n) is 5.85. The van der Waals surface area contributed by atoms with E-state index in [-0.39, 0.29) is 5.91 Å². The summed E-state index contributed by atoms with van der Waals surface area (Å²) in [5, 5.41) is 11.4. The van der Waals surface area contributed by atoms with Crippen LogP contribution in [0.5, 0.6) is 0 Å². The highest BCUT2D eigenvalue weighted by atomic mass is 16.2. The molecule has 0 aliphatic rings. The van der Waals surface area contributed by atoms with Crippen LogP contribution in [-0.2, 0) is 12.8 Å². The number of hydrogen-bond acceptors (Lipinski definition) is 3. The van der Waals surface area contributed by atoms with Gasteiger partial charge >= 0.3 is 0 Å². The molecule has 0 saturated carbocycles. The number of benzene rings is 2. The monoisotopic (exact) mass is 334 g/mol. The molecular weight excluding hydrogens is 312 g/mol. The zero-order valence-corrected chi connectivity index (χ0v) is 14.6. The van der Waals surface area contributed by atoms with Gasteiger partial charge in [-0.05, 0) is 36.6 Å². The van der Waals surface area contributed by atoms with Gasteiger partial charge < -0.3 is 5.32 Å². The predicted molar refractivity (Wildman–Crippen MR) is 99.1 cm³/mol. The summed E-state index contributed by atoms with van der Waals surface area (Å²) in [6.45, 7) is 4.15. The molecule has 0 spiro atoms. The topological polar surface area (TPSA) is 59.8 Å². The van der Waals surface area contributed by atoms with Crippen LogP contribution in [0, 0.1) is 0 Å². The Hall–Kier alpha value is -2.95. The minimum Gasteiger partial charge on any atom is -0.320 e. The highest BCUT2D eigenvalue weighted by Crippen LogP contribution is 2.19. The standard InChI is InChI=1S/C20H22N4O/c1-3-10-18-19(22-23-24(18)16-12-6-5-7-13-16)20(25)21-17-14-9-8-11-15(17)4-2/h5-9,11-14H,3-4,10H2,1-2H3,(H,21,25). The zero-order valence-electron chi connectivity index (χ0n) is 14.6. The highest BCUT2D eigenvalue weighted by Gasteiger charge is 2.20. The van der Waals surface area contributed by atoms with Gasteiger partial charge in [0.05, 0.1) is 11.4 Å². The molecule has 0 bridgehead atoms. The lowest BCUT2D eigenvalue weighted by molar-refractivity contribution is 0.102. The molecule has 0 aliphatic carbocycles. The van der Waals surface area contributed by atoms with Crippen LogP contribution in [0.3, 0.4) is 0 Å². The van der Waals surface area contributed by atoms with E-state index in [1.54, 1.807) is 4.68 Å². The second kappa shape index (κ2) is 7.75. The molecule has 5 heteroatoms. The fourth-order valence-corrected chi connectivity index (χ4v) is 2.85. The molecule has 1 amide bonds. The van der Waals surface area contributed by atoms with E-state index in [1.165, 1.54) is 0 Å². The molecule has 25 heavy (non-hydrogen) atoms. The molecule has 1 heterocycles. The molecule has 5 nitrogen and oxygen atoms in total. The molecule has 0 radical (unpaired) electrons. The van der Waals surface area contributed by atoms with Gasteiger partial charge in [-0.2, -0.15) is 0 Å². The molecule has 0 atom stereocenters. The molecule has 0 aliphatic heterocycles. The highest BCUT2D eigenvalue weighted by molar-refractivity contribution is 6.04. The van der Waals surface area contributed by atoms with Gasteiger partial charge in [0, 0.05) is 5.69 Å². The number of para-hydroxylation sites is 2. The van der Waals surface area contributed by atoms with Crippen LogP contribution in [0.2, 0.25) is 0 Å². The van der Waals surface area contributed by atoms with Crippen LogP contribution in [0.15, 0.2) is 54.6 Å². The fraction of sp³-hybridized carbons (Fsp3) is 0.250. The van der Waals surface area contributed by atoms with Crippen molar-refractivity contribution in [1.82, 2.24) is 15.0 Å². The summed E-state index contributed by atoms with van der Waals surface area (Å²) in [4.78, 5) is 12.8. The van der Waals surface area contributed by atoms with Gasteiger partial charge in [-0.1, -0.05) is 61.9 Å². The third kappa shape index (κ3) is 3.60. The van der Waals surface area contributed by atoms with E-state index in [2.05, 4.69) is 29.5 Å². The minimum atomic E-state index is -0.216. The first kappa shape index (κ1) is 16.9. The summed E-state index contributed by atoms with van der Waals surface area (Å²) in [5.41, 5.74) is 4.05. The normalized spacial score (nSPS) is 10.6. The van der Waals surface area contributed by atoms with Crippen molar-refractivity contribution in [2.24, 2.45) is 0 Å². The summed E-state index contributed by atoms with van der Waals surface area (Å²) >= 11 is 0. The van der Waals surface area contributed by atoms with Crippen LogP contribution < -0.4 is 5.32 Å². The number of amides is 1. The van der Waals surface area contributed by atoms with Gasteiger partial charge in [-0.15, -0.1) is 5.10 Å². The van der Waals surface area contributed by atoms with Crippen LogP contribution in [0.1, 0.15) is 42.0 Å². The van der Waals surface area contributed by atoms with Crippen molar-refractivity contribution in [3.8, 4) is 5.69 Å². The van der Waals surface area contributed by atoms with Crippen molar-refractivity contribution in [1.29, 1.82) is 0 Å². The smallest absolute Gasteiger partial charge is 0.278 e. The minimum absolute atomic E-state index is 0.216. The SMILES string of the molecule is CCCc1c(C(=O)Nc2ccccc2CC)nnn1-c1ccccc1. The summed E-state index contributed by atoms with van der Waals surface area (Å²) in [6.07, 6.45) is 2.50. The number of hydrogen-bond donors (Lipinski definition) is 1. The molecule has 1 aromatic heterocycles. The predicted octanol–water partition coefficient (Wildman–Crippen LogP) is 4.03. The third-order valence-corrected chi connectivity index (χ3v) is 4.11. The van der Waals surface area contributed by atoms with Gasteiger partial charge in [0.1, 0.15) is 0 Å². The summed E-state index contributed by atoms with van der Waals surface area (Å²) in [5.74, 6) is -0.216. The van der Waals surface area contributed by atoms with Gasteiger partial charge in [-0.3, -0.25) is 4.79 Å². The molecular formula is C20H22N4O. The summed E-state index contributed by atoms with van der Waals surface area (Å²) in [7, 11) is 0. The Morgan fingerprint density at radius 3 is 2.48 bits per heavy atom. The lowest BCUT2D eigenvalue weighted by Gasteiger charge is -2.10. The lowest BCUT2D eigenvalue weighted by atomic mass is 10.1. The Bertz CT molecular complexity index is 855. The molecule has 2 aromatic carbocycles. The maximum atomic E-state index is 12.8. The Labute approximate surface area is 147 Å². The van der Waals surface area contributed by atoms with Gasteiger partial charge in [0.25, 0.3) is 5.91 Å². The quantitative estimate of drug-likeness (QED) is 0.740. The molecule has 0 fully saturated rings. The van der Waals surface area contributed by atoms with Crippen LogP contribution in [-0.4, -0.2) is 20.9 Å². The van der Waals surface area contributed by atoms with Crippen molar-refractivity contribution in [3.05, 3.63) is 71.5 Å². The van der Waals surface area contributed by atoms with Gasteiger partial charge in [-0.25, -0.2) is 4.68 Å². The Morgan fingerprint density at radius 1 is 1.04 bits per heavy atom. The first-order chi connectivity index (χ1) is 12.2. The molecule has 0 saturated heterocycles.